The molecule has 1 amide bonds. The molecule has 0 bridgehead atoms. The van der Waals surface area contributed by atoms with Gasteiger partial charge in [0.1, 0.15) is 0 Å². The van der Waals surface area contributed by atoms with Crippen LogP contribution in [0, 0.1) is 5.92 Å². The third-order valence-electron chi connectivity index (χ3n) is 2.90. The number of nitrogens with one attached hydrogen (secondary N) is 1. The van der Waals surface area contributed by atoms with Crippen LogP contribution in [0.3, 0.4) is 0 Å². The van der Waals surface area contributed by atoms with Crippen LogP contribution in [-0.2, 0) is 4.79 Å². The van der Waals surface area contributed by atoms with Gasteiger partial charge in [-0.3, -0.25) is 4.79 Å². The minimum Gasteiger partial charge on any atom is -0.350 e. The van der Waals surface area contributed by atoms with Gasteiger partial charge in [0.05, 0.1) is 0 Å². The molecule has 0 aromatic carbocycles. The molecule has 0 aromatic rings. The van der Waals surface area contributed by atoms with Gasteiger partial charge in [-0.15, -0.1) is 0 Å². The van der Waals surface area contributed by atoms with E-state index in [0.29, 0.717) is 0 Å². The first kappa shape index (κ1) is 9.56. The number of amides is 1. The molecule has 0 spiro atoms. The largest absolute Gasteiger partial charge is 0.350 e. The van der Waals surface area contributed by atoms with Crippen LogP contribution in [0.4, 0.5) is 0 Å². The second-order valence-electron chi connectivity index (χ2n) is 4.13. The van der Waals surface area contributed by atoms with Crippen molar-refractivity contribution in [2.45, 2.75) is 52.0 Å². The van der Waals surface area contributed by atoms with Crippen molar-refractivity contribution in [3.63, 3.8) is 0 Å². The summed E-state index contributed by atoms with van der Waals surface area (Å²) in [6.07, 6.45) is 4.68. The van der Waals surface area contributed by atoms with E-state index < -0.39 is 0 Å². The minimum absolute atomic E-state index is 0.119. The second-order valence-corrected chi connectivity index (χ2v) is 4.13. The summed E-state index contributed by atoms with van der Waals surface area (Å²) >= 11 is 0. The zero-order valence-electron chi connectivity index (χ0n) is 8.31. The number of hydrogen-bond acceptors (Lipinski definition) is 1. The predicted octanol–water partition coefficient (Wildman–Crippen LogP) is 2.09. The molecular weight excluding hydrogens is 150 g/mol. The molecule has 1 N–H and O–H groups in total. The number of rotatable bonds is 3. The lowest BCUT2D eigenvalue weighted by molar-refractivity contribution is -0.127. The van der Waals surface area contributed by atoms with Gasteiger partial charge in [0.25, 0.3) is 0 Å². The van der Waals surface area contributed by atoms with E-state index in [1.165, 1.54) is 19.3 Å². The monoisotopic (exact) mass is 169 g/mol. The Bertz CT molecular complexity index is 165. The summed E-state index contributed by atoms with van der Waals surface area (Å²) in [5, 5.41) is 3.14. The lowest BCUT2D eigenvalue weighted by Crippen LogP contribution is -2.54. The van der Waals surface area contributed by atoms with Gasteiger partial charge < -0.3 is 5.32 Å². The number of carbonyl (C=O) groups excluding carboxylic acids is 1. The van der Waals surface area contributed by atoms with Crippen molar-refractivity contribution in [1.82, 2.24) is 5.32 Å². The molecule has 0 radical (unpaired) electrons. The Morgan fingerprint density at radius 2 is 2.08 bits per heavy atom. The fraction of sp³-hybridized carbons (Fsp3) is 0.900. The zero-order chi connectivity index (χ0) is 9.19. The fourth-order valence-corrected chi connectivity index (χ4v) is 1.58. The second kappa shape index (κ2) is 3.46. The molecule has 12 heavy (non-hydrogen) atoms. The molecule has 2 nitrogen and oxygen atoms in total. The van der Waals surface area contributed by atoms with Crippen LogP contribution in [0.25, 0.3) is 0 Å². The zero-order valence-corrected chi connectivity index (χ0v) is 8.31. The van der Waals surface area contributed by atoms with Crippen molar-refractivity contribution in [2.24, 2.45) is 5.92 Å². The van der Waals surface area contributed by atoms with E-state index in [9.17, 15) is 4.79 Å². The molecule has 1 aliphatic carbocycles. The lowest BCUT2D eigenvalue weighted by atomic mass is 9.74. The van der Waals surface area contributed by atoms with Crippen LogP contribution in [0.1, 0.15) is 46.5 Å². The van der Waals surface area contributed by atoms with Gasteiger partial charge in [0.15, 0.2) is 0 Å². The molecule has 1 aliphatic rings. The van der Waals surface area contributed by atoms with E-state index >= 15 is 0 Å². The first-order valence-corrected chi connectivity index (χ1v) is 4.92. The van der Waals surface area contributed by atoms with Crippen LogP contribution in [0.15, 0.2) is 0 Å². The maximum absolute atomic E-state index is 11.4. The molecule has 1 fully saturated rings. The lowest BCUT2D eigenvalue weighted by Gasteiger charge is -2.42. The van der Waals surface area contributed by atoms with Crippen molar-refractivity contribution >= 4 is 5.91 Å². The number of hydrogen-bond donors (Lipinski definition) is 1. The van der Waals surface area contributed by atoms with E-state index in [0.717, 1.165) is 6.42 Å². The third-order valence-corrected chi connectivity index (χ3v) is 2.90. The highest BCUT2D eigenvalue weighted by Crippen LogP contribution is 2.34. The van der Waals surface area contributed by atoms with Crippen LogP contribution >= 0.6 is 0 Å². The highest BCUT2D eigenvalue weighted by molar-refractivity contribution is 5.78. The minimum atomic E-state index is 0.119. The fourth-order valence-electron chi connectivity index (χ4n) is 1.58. The normalized spacial score (nSPS) is 20.3. The van der Waals surface area contributed by atoms with E-state index in [1.54, 1.807) is 0 Å². The predicted molar refractivity (Wildman–Crippen MR) is 49.9 cm³/mol. The van der Waals surface area contributed by atoms with Crippen LogP contribution in [-0.4, -0.2) is 11.4 Å². The Kier molecular flexibility index (Phi) is 2.76. The highest BCUT2D eigenvalue weighted by atomic mass is 16.2. The summed E-state index contributed by atoms with van der Waals surface area (Å²) in [4.78, 5) is 11.4. The highest BCUT2D eigenvalue weighted by Gasteiger charge is 2.36. The molecule has 0 aliphatic heterocycles. The smallest absolute Gasteiger partial charge is 0.222 e. The van der Waals surface area contributed by atoms with Crippen LogP contribution in [0.2, 0.25) is 0 Å². The first-order valence-electron chi connectivity index (χ1n) is 4.92. The van der Waals surface area contributed by atoms with Gasteiger partial charge in [-0.05, 0) is 25.7 Å². The van der Waals surface area contributed by atoms with Crippen LogP contribution < -0.4 is 5.32 Å². The summed E-state index contributed by atoms with van der Waals surface area (Å²) < 4.78 is 0. The van der Waals surface area contributed by atoms with E-state index in [2.05, 4.69) is 12.2 Å². The van der Waals surface area contributed by atoms with E-state index in [1.807, 2.05) is 13.8 Å². The SMILES string of the molecule is CCC1(NC(=O)C(C)C)CCC1. The summed E-state index contributed by atoms with van der Waals surface area (Å²) in [5.41, 5.74) is 0.168. The van der Waals surface area contributed by atoms with Crippen LogP contribution in [0.5, 0.6) is 0 Å². The first-order chi connectivity index (χ1) is 5.59. The quantitative estimate of drug-likeness (QED) is 0.688. The Morgan fingerprint density at radius 1 is 1.50 bits per heavy atom. The molecule has 0 atom stereocenters. The Labute approximate surface area is 74.7 Å². The van der Waals surface area contributed by atoms with Crippen molar-refractivity contribution < 1.29 is 4.79 Å². The number of carbonyl (C=O) groups is 1. The average Bonchev–Trinajstić information content (AvgIpc) is 1.96. The average molecular weight is 169 g/mol. The molecule has 70 valence electrons. The van der Waals surface area contributed by atoms with Gasteiger partial charge in [0.2, 0.25) is 5.91 Å². The molecule has 1 rings (SSSR count). The van der Waals surface area contributed by atoms with Gasteiger partial charge in [-0.1, -0.05) is 20.8 Å². The van der Waals surface area contributed by atoms with Gasteiger partial charge in [-0.25, -0.2) is 0 Å². The van der Waals surface area contributed by atoms with Gasteiger partial charge in [0, 0.05) is 11.5 Å². The summed E-state index contributed by atoms with van der Waals surface area (Å²) in [7, 11) is 0. The van der Waals surface area contributed by atoms with Crippen molar-refractivity contribution in [1.29, 1.82) is 0 Å². The molecule has 0 heterocycles. The molecule has 0 saturated heterocycles. The topological polar surface area (TPSA) is 29.1 Å². The summed E-state index contributed by atoms with van der Waals surface area (Å²) in [5.74, 6) is 0.325. The molecular formula is C10H19NO. The molecule has 0 unspecified atom stereocenters. The van der Waals surface area contributed by atoms with Gasteiger partial charge in [-0.2, -0.15) is 0 Å². The Hall–Kier alpha value is -0.530. The Balaban J connectivity index is 2.43. The third kappa shape index (κ3) is 1.79. The van der Waals surface area contributed by atoms with Crippen molar-refractivity contribution in [3.05, 3.63) is 0 Å². The summed E-state index contributed by atoms with van der Waals surface area (Å²) in [6, 6.07) is 0. The van der Waals surface area contributed by atoms with E-state index in [4.69, 9.17) is 0 Å². The van der Waals surface area contributed by atoms with E-state index in [-0.39, 0.29) is 17.4 Å². The van der Waals surface area contributed by atoms with Crippen molar-refractivity contribution in [3.8, 4) is 0 Å². The molecule has 2 heteroatoms. The summed E-state index contributed by atoms with van der Waals surface area (Å²) in [6.45, 7) is 6.04. The molecule has 1 saturated carbocycles. The molecule has 0 aromatic heterocycles. The Morgan fingerprint density at radius 3 is 2.33 bits per heavy atom. The maximum atomic E-state index is 11.4. The maximum Gasteiger partial charge on any atom is 0.222 e. The van der Waals surface area contributed by atoms with Gasteiger partial charge >= 0.3 is 0 Å². The standard InChI is InChI=1S/C10H19NO/c1-4-10(6-5-7-10)11-9(12)8(2)3/h8H,4-7H2,1-3H3,(H,11,12). The van der Waals surface area contributed by atoms with Crippen molar-refractivity contribution in [2.75, 3.05) is 0 Å².